The molecule has 0 amide bonds. The van der Waals surface area contributed by atoms with Crippen molar-refractivity contribution in [2.45, 2.75) is 13.0 Å². The number of hydrogen-bond donors (Lipinski definition) is 1. The van der Waals surface area contributed by atoms with Crippen LogP contribution in [0.5, 0.6) is 11.5 Å². The van der Waals surface area contributed by atoms with E-state index in [1.165, 1.54) is 12.1 Å². The third-order valence-corrected chi connectivity index (χ3v) is 4.79. The van der Waals surface area contributed by atoms with Crippen LogP contribution in [0.3, 0.4) is 0 Å². The van der Waals surface area contributed by atoms with Crippen LogP contribution in [0.1, 0.15) is 22.3 Å². The van der Waals surface area contributed by atoms with Gasteiger partial charge in [-0.3, -0.25) is 14.5 Å². The van der Waals surface area contributed by atoms with Crippen LogP contribution in [0.25, 0.3) is 0 Å². The first-order valence-corrected chi connectivity index (χ1v) is 10.1. The number of morpholine rings is 1. The average molecular weight is 427 g/mol. The minimum Gasteiger partial charge on any atom is -0.492 e. The number of carboxylic acid groups (broad SMARTS) is 1. The second kappa shape index (κ2) is 11.2. The molecule has 1 N–H and O–H groups in total. The van der Waals surface area contributed by atoms with Crippen molar-refractivity contribution in [1.82, 2.24) is 4.90 Å². The average Bonchev–Trinajstić information content (AvgIpc) is 2.79. The Hall–Kier alpha value is -3.23. The summed E-state index contributed by atoms with van der Waals surface area (Å²) in [6.45, 7) is 4.47. The van der Waals surface area contributed by atoms with E-state index in [-0.39, 0.29) is 5.56 Å². The Bertz CT molecular complexity index is 907. The number of nitrogens with zero attached hydrogens (tertiary/aromatic N) is 1. The van der Waals surface area contributed by atoms with Crippen LogP contribution in [0, 0.1) is 0 Å². The maximum atomic E-state index is 12.4. The van der Waals surface area contributed by atoms with Gasteiger partial charge in [0.25, 0.3) is 0 Å². The number of rotatable bonds is 11. The Morgan fingerprint density at radius 1 is 0.968 bits per heavy atom. The molecule has 1 fully saturated rings. The molecule has 31 heavy (non-hydrogen) atoms. The van der Waals surface area contributed by atoms with Crippen molar-refractivity contribution in [1.29, 1.82) is 0 Å². The molecule has 2 aromatic rings. The molecule has 0 saturated carbocycles. The Balaban J connectivity index is 1.69. The van der Waals surface area contributed by atoms with Gasteiger partial charge in [-0.25, -0.2) is 4.79 Å². The summed E-state index contributed by atoms with van der Waals surface area (Å²) in [6, 6.07) is 14.2. The molecule has 164 valence electrons. The molecule has 1 aliphatic rings. The normalized spacial score (nSPS) is 14.1. The maximum Gasteiger partial charge on any atom is 0.372 e. The third-order valence-electron chi connectivity index (χ3n) is 4.79. The first-order valence-electron chi connectivity index (χ1n) is 10.1. The zero-order valence-corrected chi connectivity index (χ0v) is 17.1. The monoisotopic (exact) mass is 427 g/mol. The Kier molecular flexibility index (Phi) is 8.14. The fourth-order valence-electron chi connectivity index (χ4n) is 3.08. The molecule has 0 spiro atoms. The lowest BCUT2D eigenvalue weighted by Crippen LogP contribution is -2.38. The van der Waals surface area contributed by atoms with Gasteiger partial charge in [0.1, 0.15) is 24.7 Å². The molecule has 1 heterocycles. The molecule has 1 aliphatic heterocycles. The fourth-order valence-corrected chi connectivity index (χ4v) is 3.08. The van der Waals surface area contributed by atoms with Gasteiger partial charge in [-0.2, -0.15) is 0 Å². The summed E-state index contributed by atoms with van der Waals surface area (Å²) >= 11 is 0. The molecule has 0 radical (unpaired) electrons. The number of ketones is 2. The number of carbonyl (C=O) groups excluding carboxylic acids is 2. The van der Waals surface area contributed by atoms with E-state index in [4.69, 9.17) is 19.3 Å². The zero-order valence-electron chi connectivity index (χ0n) is 17.1. The number of carboxylic acids is 1. The molecule has 0 aliphatic carbocycles. The number of benzene rings is 2. The predicted octanol–water partition coefficient (Wildman–Crippen LogP) is 2.20. The highest BCUT2D eigenvalue weighted by molar-refractivity contribution is 6.37. The molecule has 8 heteroatoms. The Morgan fingerprint density at radius 2 is 1.65 bits per heavy atom. The van der Waals surface area contributed by atoms with Gasteiger partial charge in [-0.15, -0.1) is 0 Å². The number of Topliss-reactive ketones (excluding diaryl/α,β-unsaturated/α-hetero) is 2. The zero-order chi connectivity index (χ0) is 22.1. The molecule has 0 aromatic heterocycles. The van der Waals surface area contributed by atoms with Crippen molar-refractivity contribution >= 4 is 17.5 Å². The summed E-state index contributed by atoms with van der Waals surface area (Å²) in [5.74, 6) is -2.57. The van der Waals surface area contributed by atoms with Gasteiger partial charge < -0.3 is 19.3 Å². The lowest BCUT2D eigenvalue weighted by atomic mass is 10.1. The highest BCUT2D eigenvalue weighted by Gasteiger charge is 2.19. The largest absolute Gasteiger partial charge is 0.492 e. The van der Waals surface area contributed by atoms with Crippen LogP contribution in [0.15, 0.2) is 48.5 Å². The molecule has 0 bridgehead atoms. The highest BCUT2D eigenvalue weighted by atomic mass is 16.5. The predicted molar refractivity (Wildman–Crippen MR) is 112 cm³/mol. The smallest absolute Gasteiger partial charge is 0.372 e. The van der Waals surface area contributed by atoms with E-state index in [2.05, 4.69) is 4.90 Å². The lowest BCUT2D eigenvalue weighted by molar-refractivity contribution is -0.148. The van der Waals surface area contributed by atoms with E-state index in [1.54, 1.807) is 6.07 Å². The van der Waals surface area contributed by atoms with Gasteiger partial charge in [0.2, 0.25) is 5.78 Å². The fraction of sp³-hybridized carbons (Fsp3) is 0.348. The van der Waals surface area contributed by atoms with Crippen LogP contribution in [-0.4, -0.2) is 67.0 Å². The van der Waals surface area contributed by atoms with Crippen LogP contribution < -0.4 is 9.47 Å². The van der Waals surface area contributed by atoms with Crippen LogP contribution in [0.4, 0.5) is 0 Å². The van der Waals surface area contributed by atoms with Crippen molar-refractivity contribution in [2.24, 2.45) is 0 Å². The van der Waals surface area contributed by atoms with Crippen LogP contribution >= 0.6 is 0 Å². The Morgan fingerprint density at radius 3 is 2.32 bits per heavy atom. The van der Waals surface area contributed by atoms with Crippen molar-refractivity contribution in [3.8, 4) is 11.5 Å². The standard InChI is InChI=1S/C23H25NO7/c25-21(15-22(26)23(27)28)18-12-19(30-11-8-24-6-9-29-10-7-24)14-20(13-18)31-16-17-4-2-1-3-5-17/h1-5,12-14H,6-11,15-16H2,(H,27,28). The van der Waals surface area contributed by atoms with E-state index in [0.717, 1.165) is 18.7 Å². The SMILES string of the molecule is O=C(O)C(=O)CC(=O)c1cc(OCCN2CCOCC2)cc(OCc2ccccc2)c1. The van der Waals surface area contributed by atoms with Crippen molar-refractivity contribution < 1.29 is 33.7 Å². The third kappa shape index (κ3) is 7.20. The molecule has 8 nitrogen and oxygen atoms in total. The Labute approximate surface area is 180 Å². The van der Waals surface area contributed by atoms with Gasteiger partial charge in [0.05, 0.1) is 19.6 Å². The van der Waals surface area contributed by atoms with Gasteiger partial charge in [0, 0.05) is 31.3 Å². The summed E-state index contributed by atoms with van der Waals surface area (Å²) in [4.78, 5) is 36.9. The van der Waals surface area contributed by atoms with E-state index in [0.29, 0.717) is 44.5 Å². The molecule has 1 saturated heterocycles. The molecule has 3 rings (SSSR count). The van der Waals surface area contributed by atoms with E-state index in [1.807, 2.05) is 30.3 Å². The minimum absolute atomic E-state index is 0.168. The second-order valence-corrected chi connectivity index (χ2v) is 7.10. The van der Waals surface area contributed by atoms with Gasteiger partial charge >= 0.3 is 5.97 Å². The van der Waals surface area contributed by atoms with Gasteiger partial charge in [-0.1, -0.05) is 30.3 Å². The second-order valence-electron chi connectivity index (χ2n) is 7.10. The quantitative estimate of drug-likeness (QED) is 0.331. The molecular weight excluding hydrogens is 402 g/mol. The number of carbonyl (C=O) groups is 3. The first kappa shape index (κ1) is 22.5. The summed E-state index contributed by atoms with van der Waals surface area (Å²) in [6.07, 6.45) is -0.718. The molecular formula is C23H25NO7. The summed E-state index contributed by atoms with van der Waals surface area (Å²) in [5, 5.41) is 8.77. The van der Waals surface area contributed by atoms with E-state index in [9.17, 15) is 14.4 Å². The van der Waals surface area contributed by atoms with Crippen molar-refractivity contribution in [3.63, 3.8) is 0 Å². The van der Waals surface area contributed by atoms with Gasteiger partial charge in [-0.05, 0) is 17.7 Å². The minimum atomic E-state index is -1.63. The van der Waals surface area contributed by atoms with E-state index >= 15 is 0 Å². The number of hydrogen-bond acceptors (Lipinski definition) is 7. The summed E-state index contributed by atoms with van der Waals surface area (Å²) in [7, 11) is 0. The van der Waals surface area contributed by atoms with Gasteiger partial charge in [0.15, 0.2) is 5.78 Å². The number of aliphatic carboxylic acids is 1. The van der Waals surface area contributed by atoms with Crippen LogP contribution in [-0.2, 0) is 20.9 Å². The highest BCUT2D eigenvalue weighted by Crippen LogP contribution is 2.25. The molecule has 2 aromatic carbocycles. The lowest BCUT2D eigenvalue weighted by Gasteiger charge is -2.26. The number of ether oxygens (including phenoxy) is 3. The molecule has 0 atom stereocenters. The summed E-state index contributed by atoms with van der Waals surface area (Å²) < 4.78 is 17.0. The summed E-state index contributed by atoms with van der Waals surface area (Å²) in [5.41, 5.74) is 1.12. The van der Waals surface area contributed by atoms with Crippen molar-refractivity contribution in [2.75, 3.05) is 39.5 Å². The van der Waals surface area contributed by atoms with Crippen molar-refractivity contribution in [3.05, 3.63) is 59.7 Å². The van der Waals surface area contributed by atoms with E-state index < -0.39 is 24.0 Å². The molecule has 0 unspecified atom stereocenters. The first-order chi connectivity index (χ1) is 15.0. The van der Waals surface area contributed by atoms with Crippen LogP contribution in [0.2, 0.25) is 0 Å². The maximum absolute atomic E-state index is 12.4. The topological polar surface area (TPSA) is 102 Å².